The second kappa shape index (κ2) is 15.8. The third-order valence-electron chi connectivity index (χ3n) is 4.71. The number of ether oxygens (including phenoxy) is 3. The van der Waals surface area contributed by atoms with Gasteiger partial charge in [0, 0.05) is 38.6 Å². The van der Waals surface area contributed by atoms with Crippen LogP contribution < -0.4 is 21.3 Å². The van der Waals surface area contributed by atoms with Crippen LogP contribution in [-0.4, -0.2) is 61.4 Å². The van der Waals surface area contributed by atoms with E-state index in [1.165, 1.54) is 6.20 Å². The van der Waals surface area contributed by atoms with E-state index in [0.717, 1.165) is 50.3 Å². The Balaban J connectivity index is 0.000000826. The van der Waals surface area contributed by atoms with Crippen LogP contribution in [0.2, 0.25) is 0 Å². The molecule has 1 saturated carbocycles. The van der Waals surface area contributed by atoms with Crippen molar-refractivity contribution in [3.8, 4) is 5.75 Å². The topological polar surface area (TPSA) is 118 Å². The van der Waals surface area contributed by atoms with Crippen LogP contribution >= 0.6 is 0 Å². The van der Waals surface area contributed by atoms with Crippen LogP contribution in [0.3, 0.4) is 0 Å². The first-order valence-electron chi connectivity index (χ1n) is 10.8. The van der Waals surface area contributed by atoms with Crippen molar-refractivity contribution in [1.29, 1.82) is 0 Å². The van der Waals surface area contributed by atoms with Gasteiger partial charge in [-0.05, 0) is 26.0 Å². The highest BCUT2D eigenvalue weighted by molar-refractivity contribution is 5.42. The molecular weight excluding hydrogens is 386 g/mol. The predicted octanol–water partition coefficient (Wildman–Crippen LogP) is 2.41. The molecule has 0 aromatic carbocycles. The highest BCUT2D eigenvalue weighted by Crippen LogP contribution is 2.29. The predicted molar refractivity (Wildman–Crippen MR) is 118 cm³/mol. The second-order valence-electron chi connectivity index (χ2n) is 6.70. The summed E-state index contributed by atoms with van der Waals surface area (Å²) in [6.07, 6.45) is 7.45. The summed E-state index contributed by atoms with van der Waals surface area (Å²) in [6, 6.07) is 1.94. The van der Waals surface area contributed by atoms with Gasteiger partial charge in [-0.3, -0.25) is 0 Å². The number of nitrogens with two attached hydrogens (primary N) is 2. The van der Waals surface area contributed by atoms with Gasteiger partial charge in [-0.2, -0.15) is 5.10 Å². The molecule has 1 aliphatic heterocycles. The van der Waals surface area contributed by atoms with E-state index in [1.807, 2.05) is 26.8 Å². The average molecular weight is 426 g/mol. The molecule has 1 aliphatic carbocycles. The lowest BCUT2D eigenvalue weighted by atomic mass is 9.91. The normalized spacial score (nSPS) is 20.7. The molecule has 0 amide bonds. The number of rotatable bonds is 9. The van der Waals surface area contributed by atoms with Crippen LogP contribution in [0.1, 0.15) is 46.5 Å². The molecule has 2 aliphatic rings. The first kappa shape index (κ1) is 26.1. The van der Waals surface area contributed by atoms with Crippen molar-refractivity contribution in [2.24, 2.45) is 11.6 Å². The number of piperidine rings is 1. The van der Waals surface area contributed by atoms with Crippen LogP contribution in [-0.2, 0) is 14.3 Å². The van der Waals surface area contributed by atoms with Crippen LogP contribution in [0, 0.1) is 0 Å². The monoisotopic (exact) mass is 425 g/mol. The molecule has 0 unspecified atom stereocenters. The SMILES string of the molecule is C=CN.CC.CCOCCOc1cnnc(N2CCC(OC3CC(ON)C3)CC2)c1. The lowest BCUT2D eigenvalue weighted by Gasteiger charge is -2.39. The molecule has 4 N–H and O–H groups in total. The van der Waals surface area contributed by atoms with Crippen LogP contribution in [0.25, 0.3) is 0 Å². The summed E-state index contributed by atoms with van der Waals surface area (Å²) >= 11 is 0. The molecule has 0 radical (unpaired) electrons. The van der Waals surface area contributed by atoms with Gasteiger partial charge in [0.1, 0.15) is 12.4 Å². The number of aromatic nitrogens is 2. The first-order valence-corrected chi connectivity index (χ1v) is 10.8. The number of anilines is 1. The van der Waals surface area contributed by atoms with Crippen molar-refractivity contribution in [1.82, 2.24) is 10.2 Å². The molecular formula is C21H39N5O4. The first-order chi connectivity index (χ1) is 14.7. The van der Waals surface area contributed by atoms with Crippen molar-refractivity contribution in [3.63, 3.8) is 0 Å². The standard InChI is InChI=1S/C17H28N4O4.C2H5N.C2H6/c1-2-22-7-8-23-16-11-17(20-19-12-16)21-5-3-13(4-6-21)24-14-9-15(10-14)25-18;1-2-3;1-2/h11-15H,2-10,18H2,1H3;2H,1,3H2;1-2H3. The minimum atomic E-state index is 0.172. The average Bonchev–Trinajstić information content (AvgIpc) is 2.76. The third-order valence-corrected chi connectivity index (χ3v) is 4.71. The lowest BCUT2D eigenvalue weighted by molar-refractivity contribution is -0.130. The van der Waals surface area contributed by atoms with Gasteiger partial charge in [0.25, 0.3) is 0 Å². The van der Waals surface area contributed by atoms with Crippen LogP contribution in [0.15, 0.2) is 25.0 Å². The molecule has 1 aromatic heterocycles. The maximum absolute atomic E-state index is 6.11. The van der Waals surface area contributed by atoms with Crippen molar-refractivity contribution in [2.75, 3.05) is 37.8 Å². The summed E-state index contributed by atoms with van der Waals surface area (Å²) in [5.74, 6) is 6.76. The maximum atomic E-state index is 6.11. The van der Waals surface area contributed by atoms with Gasteiger partial charge in [-0.25, -0.2) is 5.90 Å². The summed E-state index contributed by atoms with van der Waals surface area (Å²) in [5, 5.41) is 8.29. The third kappa shape index (κ3) is 9.25. The minimum absolute atomic E-state index is 0.172. The molecule has 0 bridgehead atoms. The van der Waals surface area contributed by atoms with Gasteiger partial charge in [0.05, 0.1) is 31.1 Å². The molecule has 9 nitrogen and oxygen atoms in total. The fourth-order valence-corrected chi connectivity index (χ4v) is 3.17. The van der Waals surface area contributed by atoms with E-state index >= 15 is 0 Å². The van der Waals surface area contributed by atoms with Crippen LogP contribution in [0.4, 0.5) is 5.82 Å². The highest BCUT2D eigenvalue weighted by Gasteiger charge is 2.33. The van der Waals surface area contributed by atoms with Gasteiger partial charge in [0.2, 0.25) is 0 Å². The van der Waals surface area contributed by atoms with Crippen molar-refractivity contribution in [3.05, 3.63) is 25.0 Å². The van der Waals surface area contributed by atoms with Gasteiger partial charge in [0.15, 0.2) is 5.82 Å². The van der Waals surface area contributed by atoms with E-state index in [1.54, 1.807) is 6.20 Å². The van der Waals surface area contributed by atoms with Crippen LogP contribution in [0.5, 0.6) is 5.75 Å². The summed E-state index contributed by atoms with van der Waals surface area (Å²) in [7, 11) is 0. The Bertz CT molecular complexity index is 564. The van der Waals surface area contributed by atoms with Gasteiger partial charge >= 0.3 is 0 Å². The van der Waals surface area contributed by atoms with Crippen molar-refractivity contribution >= 4 is 5.82 Å². The molecule has 30 heavy (non-hydrogen) atoms. The Hall–Kier alpha value is -1.94. The van der Waals surface area contributed by atoms with Gasteiger partial charge in [-0.1, -0.05) is 20.4 Å². The second-order valence-corrected chi connectivity index (χ2v) is 6.70. The van der Waals surface area contributed by atoms with E-state index < -0.39 is 0 Å². The molecule has 172 valence electrons. The zero-order valence-electron chi connectivity index (χ0n) is 18.7. The Morgan fingerprint density at radius 3 is 2.43 bits per heavy atom. The Morgan fingerprint density at radius 1 is 1.17 bits per heavy atom. The highest BCUT2D eigenvalue weighted by atomic mass is 16.6. The zero-order valence-corrected chi connectivity index (χ0v) is 18.7. The fourth-order valence-electron chi connectivity index (χ4n) is 3.17. The summed E-state index contributed by atoms with van der Waals surface area (Å²) in [4.78, 5) is 7.04. The largest absolute Gasteiger partial charge is 0.489 e. The number of hydrogen-bond acceptors (Lipinski definition) is 9. The number of hydrogen-bond donors (Lipinski definition) is 2. The van der Waals surface area contributed by atoms with E-state index in [0.29, 0.717) is 32.0 Å². The number of nitrogens with zero attached hydrogens (tertiary/aromatic N) is 3. The Labute approximate surface area is 180 Å². The Kier molecular flexibility index (Phi) is 13.8. The molecule has 1 saturated heterocycles. The van der Waals surface area contributed by atoms with E-state index in [4.69, 9.17) is 24.9 Å². The molecule has 2 fully saturated rings. The molecule has 3 rings (SSSR count). The lowest BCUT2D eigenvalue weighted by Crippen LogP contribution is -2.44. The van der Waals surface area contributed by atoms with Crippen molar-refractivity contribution < 1.29 is 19.0 Å². The molecule has 9 heteroatoms. The summed E-state index contributed by atoms with van der Waals surface area (Å²) in [5.41, 5.74) is 4.61. The molecule has 0 atom stereocenters. The van der Waals surface area contributed by atoms with Gasteiger partial charge < -0.3 is 29.7 Å². The smallest absolute Gasteiger partial charge is 0.154 e. The maximum Gasteiger partial charge on any atom is 0.154 e. The summed E-state index contributed by atoms with van der Waals surface area (Å²) in [6.45, 7) is 12.7. The zero-order chi connectivity index (χ0) is 22.2. The van der Waals surface area contributed by atoms with E-state index in [9.17, 15) is 0 Å². The van der Waals surface area contributed by atoms with Gasteiger partial charge in [-0.15, -0.1) is 5.10 Å². The minimum Gasteiger partial charge on any atom is -0.489 e. The molecule has 0 spiro atoms. The molecule has 2 heterocycles. The molecule has 1 aromatic rings. The fraction of sp³-hybridized carbons (Fsp3) is 0.714. The Morgan fingerprint density at radius 2 is 1.83 bits per heavy atom. The summed E-state index contributed by atoms with van der Waals surface area (Å²) < 4.78 is 17.0. The van der Waals surface area contributed by atoms with E-state index in [2.05, 4.69) is 27.4 Å². The quantitative estimate of drug-likeness (QED) is 0.454. The van der Waals surface area contributed by atoms with Crippen molar-refractivity contribution in [2.45, 2.75) is 64.8 Å². The van der Waals surface area contributed by atoms with E-state index in [-0.39, 0.29) is 6.10 Å².